The highest BCUT2D eigenvalue weighted by Crippen LogP contribution is 2.21. The first-order valence-electron chi connectivity index (χ1n) is 9.69. The van der Waals surface area contributed by atoms with Gasteiger partial charge in [-0.3, -0.25) is 14.9 Å². The van der Waals surface area contributed by atoms with Gasteiger partial charge in [0.25, 0.3) is 11.6 Å². The van der Waals surface area contributed by atoms with Crippen molar-refractivity contribution in [3.63, 3.8) is 0 Å². The normalized spacial score (nSPS) is 14.6. The van der Waals surface area contributed by atoms with Gasteiger partial charge in [0.2, 0.25) is 0 Å². The maximum atomic E-state index is 12.4. The molecule has 31 heavy (non-hydrogen) atoms. The number of carbonyl (C=O) groups is 2. The van der Waals surface area contributed by atoms with E-state index in [1.807, 2.05) is 4.90 Å². The minimum atomic E-state index is -0.884. The van der Waals surface area contributed by atoms with Crippen molar-refractivity contribution in [1.82, 2.24) is 4.90 Å². The largest absolute Gasteiger partial charge is 0.479 e. The fourth-order valence-corrected chi connectivity index (χ4v) is 3.31. The van der Waals surface area contributed by atoms with E-state index in [0.717, 1.165) is 5.69 Å². The van der Waals surface area contributed by atoms with Crippen LogP contribution in [0.3, 0.4) is 0 Å². The summed E-state index contributed by atoms with van der Waals surface area (Å²) in [6, 6.07) is 13.0. The number of nitro groups is 1. The Labute approximate surface area is 184 Å². The molecule has 9 nitrogen and oxygen atoms in total. The van der Waals surface area contributed by atoms with Gasteiger partial charge in [-0.2, -0.15) is 0 Å². The van der Waals surface area contributed by atoms with E-state index in [-0.39, 0.29) is 18.2 Å². The summed E-state index contributed by atoms with van der Waals surface area (Å²) >= 11 is 5.89. The monoisotopic (exact) mass is 447 g/mol. The van der Waals surface area contributed by atoms with Crippen LogP contribution in [-0.4, -0.2) is 60.6 Å². The molecule has 0 bridgehead atoms. The highest BCUT2D eigenvalue weighted by atomic mass is 35.5. The molecule has 2 aromatic rings. The predicted octanol–water partition coefficient (Wildman–Crippen LogP) is 2.91. The van der Waals surface area contributed by atoms with Gasteiger partial charge in [-0.1, -0.05) is 17.7 Å². The molecular formula is C21H22ClN3O6. The molecule has 1 heterocycles. The molecule has 1 aliphatic heterocycles. The summed E-state index contributed by atoms with van der Waals surface area (Å²) in [6.07, 6.45) is -0.884. The molecule has 1 saturated heterocycles. The third-order valence-electron chi connectivity index (χ3n) is 4.84. The molecule has 0 spiro atoms. The number of rotatable bonds is 7. The summed E-state index contributed by atoms with van der Waals surface area (Å²) < 4.78 is 10.6. The fourth-order valence-electron chi connectivity index (χ4n) is 3.13. The van der Waals surface area contributed by atoms with Crippen LogP contribution in [0.4, 0.5) is 11.4 Å². The van der Waals surface area contributed by atoms with Gasteiger partial charge < -0.3 is 19.3 Å². The lowest BCUT2D eigenvalue weighted by molar-refractivity contribution is -0.384. The topological polar surface area (TPSA) is 102 Å². The molecule has 0 aliphatic carbocycles. The van der Waals surface area contributed by atoms with Crippen molar-refractivity contribution in [1.29, 1.82) is 0 Å². The first-order chi connectivity index (χ1) is 14.8. The van der Waals surface area contributed by atoms with Crippen LogP contribution in [0.5, 0.6) is 5.75 Å². The van der Waals surface area contributed by atoms with E-state index in [2.05, 4.69) is 0 Å². The second-order valence-electron chi connectivity index (χ2n) is 6.97. The maximum absolute atomic E-state index is 12.4. The quantitative estimate of drug-likeness (QED) is 0.365. The Morgan fingerprint density at radius 2 is 1.81 bits per heavy atom. The summed E-state index contributed by atoms with van der Waals surface area (Å²) in [5, 5.41) is 11.2. The lowest BCUT2D eigenvalue weighted by atomic mass is 10.2. The third kappa shape index (κ3) is 6.08. The fraction of sp³-hybridized carbons (Fsp3) is 0.333. The number of amides is 1. The zero-order chi connectivity index (χ0) is 22.4. The lowest BCUT2D eigenvalue weighted by Gasteiger charge is -2.36. The Balaban J connectivity index is 1.43. The van der Waals surface area contributed by atoms with Crippen molar-refractivity contribution in [3.05, 3.63) is 63.7 Å². The van der Waals surface area contributed by atoms with Crippen molar-refractivity contribution >= 4 is 34.9 Å². The van der Waals surface area contributed by atoms with E-state index in [9.17, 15) is 19.7 Å². The second kappa shape index (κ2) is 10.1. The lowest BCUT2D eigenvalue weighted by Crippen LogP contribution is -2.50. The molecule has 1 amide bonds. The Hall–Kier alpha value is -3.33. The number of benzene rings is 2. The van der Waals surface area contributed by atoms with Crippen LogP contribution in [-0.2, 0) is 14.3 Å². The average molecular weight is 448 g/mol. The Bertz CT molecular complexity index is 944. The van der Waals surface area contributed by atoms with Gasteiger partial charge in [-0.05, 0) is 37.3 Å². The van der Waals surface area contributed by atoms with Crippen molar-refractivity contribution in [2.75, 3.05) is 37.7 Å². The molecule has 1 fully saturated rings. The maximum Gasteiger partial charge on any atom is 0.347 e. The number of carbonyl (C=O) groups excluding carboxylic acids is 2. The number of nitro benzene ring substituents is 1. The van der Waals surface area contributed by atoms with Gasteiger partial charge in [0.05, 0.1) is 4.92 Å². The van der Waals surface area contributed by atoms with Crippen LogP contribution in [0.25, 0.3) is 0 Å². The number of anilines is 1. The molecule has 0 saturated carbocycles. The highest BCUT2D eigenvalue weighted by Gasteiger charge is 2.24. The van der Waals surface area contributed by atoms with Crippen molar-refractivity contribution in [2.24, 2.45) is 0 Å². The van der Waals surface area contributed by atoms with Crippen LogP contribution < -0.4 is 9.64 Å². The Morgan fingerprint density at radius 3 is 2.42 bits per heavy atom. The summed E-state index contributed by atoms with van der Waals surface area (Å²) in [6.45, 7) is 3.25. The summed E-state index contributed by atoms with van der Waals surface area (Å²) in [5.41, 5.74) is 0.893. The molecule has 2 aromatic carbocycles. The van der Waals surface area contributed by atoms with Gasteiger partial charge in [-0.15, -0.1) is 0 Å². The van der Waals surface area contributed by atoms with Gasteiger partial charge >= 0.3 is 5.97 Å². The van der Waals surface area contributed by atoms with Gasteiger partial charge in [0.15, 0.2) is 12.7 Å². The number of esters is 1. The summed E-state index contributed by atoms with van der Waals surface area (Å²) in [4.78, 5) is 38.5. The summed E-state index contributed by atoms with van der Waals surface area (Å²) in [7, 11) is 0. The van der Waals surface area contributed by atoms with Crippen LogP contribution in [0.1, 0.15) is 6.92 Å². The SMILES string of the molecule is CC(Oc1cccc(Cl)c1)C(=O)OCC(=O)N1CCN(c2ccc([N+](=O)[O-])cc2)CC1. The third-order valence-corrected chi connectivity index (χ3v) is 5.07. The number of nitrogens with zero attached hydrogens (tertiary/aromatic N) is 3. The minimum absolute atomic E-state index is 0.0351. The molecule has 0 radical (unpaired) electrons. The highest BCUT2D eigenvalue weighted by molar-refractivity contribution is 6.30. The number of halogens is 1. The van der Waals surface area contributed by atoms with Gasteiger partial charge in [-0.25, -0.2) is 4.79 Å². The van der Waals surface area contributed by atoms with Crippen molar-refractivity contribution in [3.8, 4) is 5.75 Å². The molecule has 3 rings (SSSR count). The van der Waals surface area contributed by atoms with E-state index in [0.29, 0.717) is 37.0 Å². The standard InChI is InChI=1S/C21H22ClN3O6/c1-15(31-19-4-2-3-16(22)13-19)21(27)30-14-20(26)24-11-9-23(10-12-24)17-5-7-18(8-6-17)25(28)29/h2-8,13,15H,9-12,14H2,1H3. The first-order valence-corrected chi connectivity index (χ1v) is 10.1. The van der Waals surface area contributed by atoms with Crippen LogP contribution in [0, 0.1) is 10.1 Å². The van der Waals surface area contributed by atoms with Gasteiger partial charge in [0.1, 0.15) is 5.75 Å². The number of ether oxygens (including phenoxy) is 2. The van der Waals surface area contributed by atoms with E-state index >= 15 is 0 Å². The van der Waals surface area contributed by atoms with E-state index < -0.39 is 17.0 Å². The zero-order valence-corrected chi connectivity index (χ0v) is 17.7. The molecule has 1 atom stereocenters. The molecule has 10 heteroatoms. The van der Waals surface area contributed by atoms with Crippen molar-refractivity contribution in [2.45, 2.75) is 13.0 Å². The summed E-state index contributed by atoms with van der Waals surface area (Å²) in [5.74, 6) is -0.491. The molecule has 164 valence electrons. The zero-order valence-electron chi connectivity index (χ0n) is 16.9. The molecule has 0 aromatic heterocycles. The van der Waals surface area contributed by atoms with Crippen molar-refractivity contribution < 1.29 is 24.0 Å². The number of non-ortho nitro benzene ring substituents is 1. The number of hydrogen-bond acceptors (Lipinski definition) is 7. The number of hydrogen-bond donors (Lipinski definition) is 0. The van der Waals surface area contributed by atoms with Gasteiger partial charge in [0, 0.05) is 49.0 Å². The predicted molar refractivity (Wildman–Crippen MR) is 114 cm³/mol. The minimum Gasteiger partial charge on any atom is -0.479 e. The van der Waals surface area contributed by atoms with E-state index in [1.54, 1.807) is 41.3 Å². The smallest absolute Gasteiger partial charge is 0.347 e. The number of piperazine rings is 1. The average Bonchev–Trinajstić information content (AvgIpc) is 2.77. The first kappa shape index (κ1) is 22.4. The molecular weight excluding hydrogens is 426 g/mol. The van der Waals surface area contributed by atoms with Crippen LogP contribution in [0.15, 0.2) is 48.5 Å². The Morgan fingerprint density at radius 1 is 1.13 bits per heavy atom. The molecule has 0 N–H and O–H groups in total. The molecule has 1 unspecified atom stereocenters. The molecule has 1 aliphatic rings. The van der Waals surface area contributed by atoms with E-state index in [4.69, 9.17) is 21.1 Å². The Kier molecular flexibility index (Phi) is 7.30. The van der Waals surface area contributed by atoms with Crippen LogP contribution in [0.2, 0.25) is 5.02 Å². The van der Waals surface area contributed by atoms with Crippen LogP contribution >= 0.6 is 11.6 Å². The van der Waals surface area contributed by atoms with E-state index in [1.165, 1.54) is 19.1 Å². The second-order valence-corrected chi connectivity index (χ2v) is 7.40.